The Morgan fingerprint density at radius 1 is 1.15 bits per heavy atom. The maximum atomic E-state index is 5.72. The van der Waals surface area contributed by atoms with E-state index >= 15 is 0 Å². The lowest BCUT2D eigenvalue weighted by Gasteiger charge is -2.12. The Morgan fingerprint density at radius 2 is 1.96 bits per heavy atom. The van der Waals surface area contributed by atoms with Gasteiger partial charge in [-0.1, -0.05) is 6.07 Å². The summed E-state index contributed by atoms with van der Waals surface area (Å²) < 4.78 is 5.72. The van der Waals surface area contributed by atoms with E-state index in [0.717, 1.165) is 18.0 Å². The number of fused-ring (bicyclic) bond motifs is 1. The highest BCUT2D eigenvalue weighted by Crippen LogP contribution is 2.22. The van der Waals surface area contributed by atoms with E-state index in [2.05, 4.69) is 30.9 Å². The molecule has 0 spiro atoms. The Hall–Kier alpha value is -3.00. The molecule has 140 valence electrons. The van der Waals surface area contributed by atoms with Crippen LogP contribution in [-0.2, 0) is 0 Å². The molecule has 0 radical (unpaired) electrons. The Balaban J connectivity index is 1.80. The first kappa shape index (κ1) is 18.8. The number of rotatable bonds is 6. The molecular weight excluding hydrogens is 360 g/mol. The summed E-state index contributed by atoms with van der Waals surface area (Å²) in [4.78, 5) is 13.4. The second-order valence-corrected chi connectivity index (χ2v) is 6.51. The highest BCUT2D eigenvalue weighted by molar-refractivity contribution is 7.80. The predicted molar refractivity (Wildman–Crippen MR) is 113 cm³/mol. The number of nitrogens with one attached hydrogen (secondary N) is 3. The van der Waals surface area contributed by atoms with E-state index in [0.29, 0.717) is 27.9 Å². The summed E-state index contributed by atoms with van der Waals surface area (Å²) in [5, 5.41) is 9.82. The maximum absolute atomic E-state index is 5.72. The zero-order valence-electron chi connectivity index (χ0n) is 15.5. The molecule has 2 heterocycles. The zero-order valence-corrected chi connectivity index (χ0v) is 16.3. The maximum Gasteiger partial charge on any atom is 0.182 e. The van der Waals surface area contributed by atoms with Crippen molar-refractivity contribution in [3.05, 3.63) is 42.6 Å². The van der Waals surface area contributed by atoms with Gasteiger partial charge in [0.2, 0.25) is 0 Å². The number of pyridine rings is 1. The van der Waals surface area contributed by atoms with E-state index in [4.69, 9.17) is 17.0 Å². The summed E-state index contributed by atoms with van der Waals surface area (Å²) in [7, 11) is 0. The lowest BCUT2D eigenvalue weighted by atomic mass is 10.3. The number of anilines is 3. The highest BCUT2D eigenvalue weighted by Gasteiger charge is 2.06. The van der Waals surface area contributed by atoms with Gasteiger partial charge in [0.1, 0.15) is 17.1 Å². The standard InChI is InChI=1S/C19H22N6OS/c1-4-20-19(27)25-16-9-8-15-18(23-16)24-17(11-21-15)22-13-6-5-7-14(10-13)26-12(2)3/h5-12H,4H2,1-3H3,(H3,20,22,23,24,25,27). The van der Waals surface area contributed by atoms with Crippen LogP contribution in [0.5, 0.6) is 5.75 Å². The minimum absolute atomic E-state index is 0.115. The third-order valence-corrected chi connectivity index (χ3v) is 3.71. The second kappa shape index (κ2) is 8.59. The number of ether oxygens (including phenoxy) is 1. The first-order valence-corrected chi connectivity index (χ1v) is 9.16. The molecule has 0 fully saturated rings. The average molecular weight is 382 g/mol. The SMILES string of the molecule is CCNC(=S)Nc1ccc2ncc(Nc3cccc(OC(C)C)c3)nc2n1. The summed E-state index contributed by atoms with van der Waals surface area (Å²) in [5.74, 6) is 2.01. The fraction of sp³-hybridized carbons (Fsp3) is 0.263. The van der Waals surface area contributed by atoms with Gasteiger partial charge in [-0.15, -0.1) is 0 Å². The number of aromatic nitrogens is 3. The van der Waals surface area contributed by atoms with E-state index < -0.39 is 0 Å². The third-order valence-electron chi connectivity index (χ3n) is 3.46. The van der Waals surface area contributed by atoms with Crippen LogP contribution in [0.15, 0.2) is 42.6 Å². The number of benzene rings is 1. The molecule has 0 saturated carbocycles. The van der Waals surface area contributed by atoms with Crippen molar-refractivity contribution in [3.63, 3.8) is 0 Å². The summed E-state index contributed by atoms with van der Waals surface area (Å²) in [6.45, 7) is 6.71. The minimum atomic E-state index is 0.115. The van der Waals surface area contributed by atoms with Crippen molar-refractivity contribution in [1.29, 1.82) is 0 Å². The Kier molecular flexibility index (Phi) is 5.97. The topological polar surface area (TPSA) is 84.0 Å². The molecule has 0 aliphatic rings. The van der Waals surface area contributed by atoms with E-state index in [9.17, 15) is 0 Å². The molecule has 0 amide bonds. The van der Waals surface area contributed by atoms with Gasteiger partial charge in [0.25, 0.3) is 0 Å². The molecule has 0 bridgehead atoms. The van der Waals surface area contributed by atoms with Gasteiger partial charge in [-0.2, -0.15) is 0 Å². The highest BCUT2D eigenvalue weighted by atomic mass is 32.1. The van der Waals surface area contributed by atoms with Crippen LogP contribution in [0.4, 0.5) is 17.3 Å². The van der Waals surface area contributed by atoms with Crippen molar-refractivity contribution in [2.45, 2.75) is 26.9 Å². The Bertz CT molecular complexity index is 946. The van der Waals surface area contributed by atoms with Gasteiger partial charge < -0.3 is 20.7 Å². The summed E-state index contributed by atoms with van der Waals surface area (Å²) in [5.41, 5.74) is 2.10. The third kappa shape index (κ3) is 5.24. The molecule has 3 rings (SSSR count). The lowest BCUT2D eigenvalue weighted by molar-refractivity contribution is 0.242. The second-order valence-electron chi connectivity index (χ2n) is 6.10. The molecule has 3 aromatic rings. The van der Waals surface area contributed by atoms with E-state index in [1.165, 1.54) is 0 Å². The molecule has 0 atom stereocenters. The summed E-state index contributed by atoms with van der Waals surface area (Å²) in [6, 6.07) is 11.4. The molecule has 3 N–H and O–H groups in total. The molecule has 0 aliphatic heterocycles. The van der Waals surface area contributed by atoms with Crippen LogP contribution in [0.25, 0.3) is 11.2 Å². The lowest BCUT2D eigenvalue weighted by Crippen LogP contribution is -2.28. The summed E-state index contributed by atoms with van der Waals surface area (Å²) >= 11 is 5.19. The fourth-order valence-corrected chi connectivity index (χ4v) is 2.66. The fourth-order valence-electron chi connectivity index (χ4n) is 2.42. The van der Waals surface area contributed by atoms with Crippen molar-refractivity contribution in [2.24, 2.45) is 0 Å². The first-order valence-electron chi connectivity index (χ1n) is 8.76. The van der Waals surface area contributed by atoms with E-state index in [-0.39, 0.29) is 6.10 Å². The smallest absolute Gasteiger partial charge is 0.182 e. The number of hydrogen-bond acceptors (Lipinski definition) is 6. The number of nitrogens with zero attached hydrogens (tertiary/aromatic N) is 3. The Labute approximate surface area is 163 Å². The monoisotopic (exact) mass is 382 g/mol. The van der Waals surface area contributed by atoms with Gasteiger partial charge in [-0.3, -0.25) is 0 Å². The quantitative estimate of drug-likeness (QED) is 0.554. The zero-order chi connectivity index (χ0) is 19.2. The largest absolute Gasteiger partial charge is 0.491 e. The number of hydrogen-bond donors (Lipinski definition) is 3. The first-order chi connectivity index (χ1) is 13.0. The van der Waals surface area contributed by atoms with Crippen molar-refractivity contribution >= 4 is 45.8 Å². The molecular formula is C19H22N6OS. The van der Waals surface area contributed by atoms with Crippen LogP contribution < -0.4 is 20.7 Å². The molecule has 1 aromatic carbocycles. The van der Waals surface area contributed by atoms with Crippen molar-refractivity contribution in [3.8, 4) is 5.75 Å². The van der Waals surface area contributed by atoms with Crippen LogP contribution in [0.1, 0.15) is 20.8 Å². The molecule has 8 heteroatoms. The normalized spacial score (nSPS) is 10.7. The van der Waals surface area contributed by atoms with Crippen molar-refractivity contribution in [2.75, 3.05) is 17.2 Å². The molecule has 0 aliphatic carbocycles. The van der Waals surface area contributed by atoms with Crippen LogP contribution in [0.2, 0.25) is 0 Å². The Morgan fingerprint density at radius 3 is 2.74 bits per heavy atom. The van der Waals surface area contributed by atoms with Gasteiger partial charge in [0.15, 0.2) is 16.6 Å². The van der Waals surface area contributed by atoms with Crippen LogP contribution >= 0.6 is 12.2 Å². The van der Waals surface area contributed by atoms with Gasteiger partial charge in [-0.05, 0) is 57.3 Å². The molecule has 0 unspecified atom stereocenters. The van der Waals surface area contributed by atoms with Crippen molar-refractivity contribution in [1.82, 2.24) is 20.3 Å². The summed E-state index contributed by atoms with van der Waals surface area (Å²) in [6.07, 6.45) is 1.79. The van der Waals surface area contributed by atoms with Gasteiger partial charge in [0, 0.05) is 18.3 Å². The van der Waals surface area contributed by atoms with Gasteiger partial charge in [-0.25, -0.2) is 15.0 Å². The van der Waals surface area contributed by atoms with E-state index in [1.807, 2.05) is 57.2 Å². The van der Waals surface area contributed by atoms with Crippen LogP contribution in [0, 0.1) is 0 Å². The van der Waals surface area contributed by atoms with Gasteiger partial charge in [0.05, 0.1) is 12.3 Å². The molecule has 27 heavy (non-hydrogen) atoms. The predicted octanol–water partition coefficient (Wildman–Crippen LogP) is 3.86. The van der Waals surface area contributed by atoms with Crippen LogP contribution in [-0.4, -0.2) is 32.7 Å². The molecule has 0 saturated heterocycles. The van der Waals surface area contributed by atoms with Crippen LogP contribution in [0.3, 0.4) is 0 Å². The van der Waals surface area contributed by atoms with E-state index in [1.54, 1.807) is 6.20 Å². The average Bonchev–Trinajstić information content (AvgIpc) is 2.61. The van der Waals surface area contributed by atoms with Gasteiger partial charge >= 0.3 is 0 Å². The minimum Gasteiger partial charge on any atom is -0.491 e. The number of thiocarbonyl (C=S) groups is 1. The molecule has 7 nitrogen and oxygen atoms in total. The molecule has 2 aromatic heterocycles. The van der Waals surface area contributed by atoms with Crippen molar-refractivity contribution < 1.29 is 4.74 Å².